The highest BCUT2D eigenvalue weighted by Crippen LogP contribution is 2.54. The maximum atomic E-state index is 11.0. The van der Waals surface area contributed by atoms with Crippen molar-refractivity contribution in [3.8, 4) is 23.0 Å². The van der Waals surface area contributed by atoms with E-state index < -0.39 is 13.9 Å². The quantitative estimate of drug-likeness (QED) is 0.435. The van der Waals surface area contributed by atoms with Gasteiger partial charge >= 0.3 is 7.82 Å². The number of phosphoric acid groups is 1. The van der Waals surface area contributed by atoms with Crippen LogP contribution >= 0.6 is 7.82 Å². The van der Waals surface area contributed by atoms with Crippen LogP contribution in [0.15, 0.2) is 24.3 Å². The lowest BCUT2D eigenvalue weighted by molar-refractivity contribution is 0.0591. The van der Waals surface area contributed by atoms with E-state index in [-0.39, 0.29) is 25.5 Å². The molecule has 0 aromatic heterocycles. The normalized spacial score (nSPS) is 25.1. The molecule has 4 aliphatic rings. The zero-order valence-corrected chi connectivity index (χ0v) is 17.5. The van der Waals surface area contributed by atoms with E-state index in [1.807, 2.05) is 12.1 Å². The Kier molecular flexibility index (Phi) is 4.89. The van der Waals surface area contributed by atoms with Crippen LogP contribution in [0.4, 0.5) is 0 Å². The predicted molar refractivity (Wildman–Crippen MR) is 106 cm³/mol. The Morgan fingerprint density at radius 3 is 2.35 bits per heavy atom. The lowest BCUT2D eigenvalue weighted by Crippen LogP contribution is -2.43. The number of fused-ring (bicyclic) bond motifs is 8. The Morgan fingerprint density at radius 2 is 1.61 bits per heavy atom. The van der Waals surface area contributed by atoms with Gasteiger partial charge in [0.05, 0.1) is 6.10 Å². The standard InChI is InChI=1S/C20H19NO5.H3O4P/c1-21-7-13-11(2-3-15-20(13)26-9-23-15)18-14(22)4-10-5-16-17(25-8-24-16)6-12(10)19(18)21;1-5(2,3)4/h2-3,5-6,14,18-19,22H,4,7-9H2,1H3;(H3,1,2,3,4)/t14-,18-,19+;/m0./s1. The second-order valence-corrected chi connectivity index (χ2v) is 8.97. The number of rotatable bonds is 0. The summed E-state index contributed by atoms with van der Waals surface area (Å²) in [6.07, 6.45) is 0.143. The third-order valence-electron chi connectivity index (χ3n) is 6.06. The van der Waals surface area contributed by atoms with Gasteiger partial charge < -0.3 is 38.7 Å². The van der Waals surface area contributed by atoms with E-state index in [2.05, 4.69) is 24.1 Å². The molecule has 6 rings (SSSR count). The number of hydrogen-bond donors (Lipinski definition) is 4. The van der Waals surface area contributed by atoms with Crippen molar-refractivity contribution in [3.05, 3.63) is 46.5 Å². The number of benzene rings is 2. The van der Waals surface area contributed by atoms with E-state index in [0.717, 1.165) is 46.2 Å². The molecule has 166 valence electrons. The molecule has 4 N–H and O–H groups in total. The first kappa shape index (κ1) is 20.6. The van der Waals surface area contributed by atoms with Crippen molar-refractivity contribution >= 4 is 7.82 Å². The Morgan fingerprint density at radius 1 is 0.968 bits per heavy atom. The molecule has 0 amide bonds. The molecule has 0 saturated carbocycles. The minimum Gasteiger partial charge on any atom is -0.454 e. The zero-order chi connectivity index (χ0) is 21.9. The third kappa shape index (κ3) is 3.65. The van der Waals surface area contributed by atoms with Crippen LogP contribution in [0.5, 0.6) is 23.0 Å². The van der Waals surface area contributed by atoms with E-state index in [9.17, 15) is 5.11 Å². The number of nitrogens with zero attached hydrogens (tertiary/aromatic N) is 1. The molecule has 3 heterocycles. The summed E-state index contributed by atoms with van der Waals surface area (Å²) in [6, 6.07) is 8.27. The summed E-state index contributed by atoms with van der Waals surface area (Å²) in [6.45, 7) is 1.28. The zero-order valence-electron chi connectivity index (χ0n) is 16.6. The first-order valence-corrected chi connectivity index (χ1v) is 11.3. The van der Waals surface area contributed by atoms with Gasteiger partial charge in [-0.15, -0.1) is 0 Å². The van der Waals surface area contributed by atoms with Crippen molar-refractivity contribution in [1.29, 1.82) is 0 Å². The number of aliphatic hydroxyl groups excluding tert-OH is 1. The predicted octanol–water partition coefficient (Wildman–Crippen LogP) is 1.40. The molecular weight excluding hydrogens is 429 g/mol. The maximum Gasteiger partial charge on any atom is 0.466 e. The Hall–Kier alpha value is -2.33. The summed E-state index contributed by atoms with van der Waals surface area (Å²) >= 11 is 0. The second kappa shape index (κ2) is 7.37. The minimum absolute atomic E-state index is 0.00822. The minimum atomic E-state index is -4.64. The highest BCUT2D eigenvalue weighted by atomic mass is 31.2. The molecule has 0 fully saturated rings. The molecule has 2 aromatic rings. The van der Waals surface area contributed by atoms with E-state index in [1.165, 1.54) is 5.56 Å². The Labute approximate surface area is 177 Å². The van der Waals surface area contributed by atoms with E-state index in [4.69, 9.17) is 38.2 Å². The third-order valence-corrected chi connectivity index (χ3v) is 6.06. The topological polar surface area (TPSA) is 138 Å². The van der Waals surface area contributed by atoms with Gasteiger partial charge in [-0.2, -0.15) is 0 Å². The van der Waals surface area contributed by atoms with Crippen molar-refractivity contribution in [2.75, 3.05) is 20.6 Å². The van der Waals surface area contributed by atoms with Crippen LogP contribution in [0.3, 0.4) is 0 Å². The first-order chi connectivity index (χ1) is 14.7. The lowest BCUT2D eigenvalue weighted by atomic mass is 9.70. The van der Waals surface area contributed by atoms with Crippen molar-refractivity contribution in [1.82, 2.24) is 4.90 Å². The summed E-state index contributed by atoms with van der Waals surface area (Å²) < 4.78 is 31.3. The summed E-state index contributed by atoms with van der Waals surface area (Å²) in [4.78, 5) is 23.9. The smallest absolute Gasteiger partial charge is 0.454 e. The van der Waals surface area contributed by atoms with Gasteiger partial charge in [0, 0.05) is 24.1 Å². The van der Waals surface area contributed by atoms with Gasteiger partial charge in [-0.1, -0.05) is 6.07 Å². The average molecular weight is 451 g/mol. The largest absolute Gasteiger partial charge is 0.466 e. The Bertz CT molecular complexity index is 1070. The highest BCUT2D eigenvalue weighted by Gasteiger charge is 2.45. The number of ether oxygens (including phenoxy) is 4. The number of hydrogen-bond acceptors (Lipinski definition) is 7. The molecule has 0 radical (unpaired) electrons. The van der Waals surface area contributed by atoms with Crippen LogP contribution in [-0.4, -0.2) is 51.4 Å². The molecular formula is C20H22NO9P. The Balaban J connectivity index is 0.000000371. The van der Waals surface area contributed by atoms with Gasteiger partial charge in [0.15, 0.2) is 23.0 Å². The monoisotopic (exact) mass is 451 g/mol. The van der Waals surface area contributed by atoms with Gasteiger partial charge in [0.25, 0.3) is 0 Å². The molecule has 10 nitrogen and oxygen atoms in total. The molecule has 3 atom stereocenters. The van der Waals surface area contributed by atoms with Crippen molar-refractivity contribution < 1.29 is 43.3 Å². The van der Waals surface area contributed by atoms with Crippen LogP contribution in [0.1, 0.15) is 34.2 Å². The summed E-state index contributed by atoms with van der Waals surface area (Å²) in [5.74, 6) is 3.19. The van der Waals surface area contributed by atoms with Crippen LogP contribution in [0.25, 0.3) is 0 Å². The fourth-order valence-corrected chi connectivity index (χ4v) is 4.97. The first-order valence-electron chi connectivity index (χ1n) is 9.71. The molecule has 2 aromatic carbocycles. The summed E-state index contributed by atoms with van der Waals surface area (Å²) in [7, 11) is -2.54. The van der Waals surface area contributed by atoms with E-state index in [0.29, 0.717) is 6.42 Å². The molecule has 0 saturated heterocycles. The fraction of sp³-hybridized carbons (Fsp3) is 0.400. The van der Waals surface area contributed by atoms with Crippen LogP contribution in [0, 0.1) is 0 Å². The maximum absolute atomic E-state index is 11.0. The van der Waals surface area contributed by atoms with E-state index in [1.54, 1.807) is 0 Å². The van der Waals surface area contributed by atoms with Gasteiger partial charge in [0.1, 0.15) is 0 Å². The van der Waals surface area contributed by atoms with Gasteiger partial charge in [-0.25, -0.2) is 4.57 Å². The van der Waals surface area contributed by atoms with Crippen LogP contribution in [0.2, 0.25) is 0 Å². The van der Waals surface area contributed by atoms with Crippen molar-refractivity contribution in [2.45, 2.75) is 31.0 Å². The van der Waals surface area contributed by atoms with Crippen molar-refractivity contribution in [3.63, 3.8) is 0 Å². The lowest BCUT2D eigenvalue weighted by Gasteiger charge is -2.46. The van der Waals surface area contributed by atoms with Crippen LogP contribution in [-0.2, 0) is 17.5 Å². The average Bonchev–Trinajstić information content (AvgIpc) is 3.33. The molecule has 1 aliphatic carbocycles. The summed E-state index contributed by atoms with van der Waals surface area (Å²) in [5.41, 5.74) is 4.65. The molecule has 31 heavy (non-hydrogen) atoms. The van der Waals surface area contributed by atoms with E-state index >= 15 is 0 Å². The molecule has 0 unspecified atom stereocenters. The molecule has 11 heteroatoms. The number of aliphatic hydroxyl groups is 1. The highest BCUT2D eigenvalue weighted by molar-refractivity contribution is 7.45. The van der Waals surface area contributed by atoms with Crippen molar-refractivity contribution in [2.24, 2.45) is 0 Å². The van der Waals surface area contributed by atoms with Gasteiger partial charge in [-0.3, -0.25) is 4.90 Å². The molecule has 0 bridgehead atoms. The fourth-order valence-electron chi connectivity index (χ4n) is 4.97. The SMILES string of the molecule is CN1Cc2c(ccc3c2OCO3)[C@@H]2[C@H]1c1cc3c(cc1C[C@@H]2O)OCO3.O=P(O)(O)O. The second-order valence-electron chi connectivity index (χ2n) is 7.94. The van der Waals surface area contributed by atoms with Crippen LogP contribution < -0.4 is 18.9 Å². The molecule has 0 spiro atoms. The number of likely N-dealkylation sites (N-methyl/N-ethyl adjacent to an activating group) is 1. The van der Waals surface area contributed by atoms with Gasteiger partial charge in [0.2, 0.25) is 13.6 Å². The van der Waals surface area contributed by atoms with Gasteiger partial charge in [-0.05, 0) is 48.4 Å². The molecule has 3 aliphatic heterocycles. The summed E-state index contributed by atoms with van der Waals surface area (Å²) in [5, 5.41) is 11.0.